The lowest BCUT2D eigenvalue weighted by Gasteiger charge is -2.53. The zero-order chi connectivity index (χ0) is 75.7. The molecule has 2 aromatic carbocycles. The molecule has 4 N–H and O–H groups in total. The molecule has 2 saturated heterocycles. The molecule has 2 aromatic rings. The first-order chi connectivity index (χ1) is 47.7. The van der Waals surface area contributed by atoms with Crippen LogP contribution < -0.4 is 16.4 Å². The van der Waals surface area contributed by atoms with E-state index in [4.69, 9.17) is 0 Å². The van der Waals surface area contributed by atoms with Gasteiger partial charge in [-0.2, -0.15) is 0 Å². The van der Waals surface area contributed by atoms with Crippen LogP contribution in [-0.4, -0.2) is 55.3 Å². The lowest BCUT2D eigenvalue weighted by molar-refractivity contribution is -0.117. The molecule has 3 aliphatic heterocycles. The van der Waals surface area contributed by atoms with Crippen molar-refractivity contribution >= 4 is 17.7 Å². The minimum absolute atomic E-state index is 0.160. The first-order valence-corrected chi connectivity index (χ1v) is 43.4. The van der Waals surface area contributed by atoms with E-state index in [9.17, 15) is 14.4 Å². The Hall–Kier alpha value is -3.03. The topological polar surface area (TPSA) is 105 Å². The summed E-state index contributed by atoms with van der Waals surface area (Å²) in [7, 11) is 0. The average Bonchev–Trinajstić information content (AvgIpc) is 1.60. The normalized spacial score (nSPS) is 23.2. The number of amides is 3. The monoisotopic (exact) mass is 1410 g/mol. The van der Waals surface area contributed by atoms with Crippen molar-refractivity contribution in [1.29, 1.82) is 0 Å². The molecular formula is C94H174N4O3. The predicted molar refractivity (Wildman–Crippen MR) is 446 cm³/mol. The Balaban J connectivity index is 0.000000552. The number of hydrogen-bond donors (Lipinski definition) is 3. The van der Waals surface area contributed by atoms with E-state index >= 15 is 0 Å². The summed E-state index contributed by atoms with van der Waals surface area (Å²) < 4.78 is 0. The Bertz CT molecular complexity index is 2180. The summed E-state index contributed by atoms with van der Waals surface area (Å²) in [4.78, 5) is 34.3. The van der Waals surface area contributed by atoms with Crippen LogP contribution in [0.15, 0.2) is 54.6 Å². The fourth-order valence-electron chi connectivity index (χ4n) is 15.2. The molecule has 0 bridgehead atoms. The number of nitrogens with zero attached hydrogens (tertiary/aromatic N) is 1. The summed E-state index contributed by atoms with van der Waals surface area (Å²) in [5, 5.41) is 6.73. The Morgan fingerprint density at radius 3 is 1.00 bits per heavy atom. The maximum absolute atomic E-state index is 11.7. The summed E-state index contributed by atoms with van der Waals surface area (Å²) >= 11 is 0. The Morgan fingerprint density at radius 2 is 0.743 bits per heavy atom. The first kappa shape index (κ1) is 96.0. The van der Waals surface area contributed by atoms with E-state index in [1.54, 1.807) is 82.6 Å². The van der Waals surface area contributed by atoms with Gasteiger partial charge in [-0.25, -0.2) is 0 Å². The van der Waals surface area contributed by atoms with Crippen LogP contribution in [0.2, 0.25) is 0 Å². The van der Waals surface area contributed by atoms with Crippen LogP contribution in [0.25, 0.3) is 0 Å². The van der Waals surface area contributed by atoms with Crippen molar-refractivity contribution in [2.75, 3.05) is 32.7 Å². The second kappa shape index (κ2) is 55.4. The largest absolute Gasteiger partial charge is 0.370 e. The Labute approximate surface area is 630 Å². The molecule has 11 fully saturated rings. The Kier molecular flexibility index (Phi) is 52.6. The van der Waals surface area contributed by atoms with Crippen LogP contribution in [-0.2, 0) is 11.2 Å². The van der Waals surface area contributed by atoms with E-state index in [1.165, 1.54) is 216 Å². The zero-order valence-corrected chi connectivity index (χ0v) is 71.3. The lowest BCUT2D eigenvalue weighted by atomic mass is 9.52. The van der Waals surface area contributed by atoms with Crippen molar-refractivity contribution in [1.82, 2.24) is 15.5 Å². The number of fused-ring (bicyclic) bond motifs is 1. The fourth-order valence-corrected chi connectivity index (χ4v) is 15.2. The third-order valence-corrected chi connectivity index (χ3v) is 21.7. The number of nitrogens with one attached hydrogen (secondary N) is 2. The highest BCUT2D eigenvalue weighted by Gasteiger charge is 2.46. The standard InChI is InChI=1S/C11H11NO2.C11H16.C10H18.C8H14.C7H15N.2C7H14.C6H13N.C6H12.C5H10.C5H12.C4H8.C4H10.C3H7NO/c1-2-7-12-10(13)8-5-3-4-6-9(8)11(12)14;1-11(2,3)9-10-7-5-4-6-8-10;1-9-7-10(8-9)5-3-2-4-6-10;1-7-5-8(6-7)3-2-4-8;1-7-4-2-3-5-8-6-7;2*1-7-5-3-2-4-6-7;1-6-3-2-4-7-5-6;1-6-4-2-3-5-6;1-5-3-2-4-5;1-5(2,3)4;1-4-2-3-4;1-4(2)3;1-2-3(4)5/h3-6H,2,7H2,1H3;4-8H,9H2,1-3H3;9H,2-8H2,1H3;7H,2-6H2,1H3;7-8H,2-6H2,1H3;2*7H,2-6H2,1H3;6-7H,2-5H2,1H3;6H,2-5H2,1H3;5H,2-4H2,1H3;1-4H3;4H,2-3H2,1H3;4H,1-3H3;2H2,1H3,(H2,4,5)/t;;;;7-;;;6-;;;;;;/m....1..1....../s1. The van der Waals surface area contributed by atoms with Gasteiger partial charge in [0, 0.05) is 13.0 Å². The molecule has 3 heterocycles. The van der Waals surface area contributed by atoms with Gasteiger partial charge in [-0.3, -0.25) is 19.3 Å². The number of hydrogen-bond acceptors (Lipinski definition) is 5. The molecule has 7 heteroatoms. The lowest BCUT2D eigenvalue weighted by Crippen LogP contribution is -2.41. The van der Waals surface area contributed by atoms with E-state index in [0.717, 1.165) is 82.9 Å². The van der Waals surface area contributed by atoms with Crippen molar-refractivity contribution < 1.29 is 14.4 Å². The second-order valence-corrected chi connectivity index (χ2v) is 38.4. The number of nitrogens with two attached hydrogens (primary N) is 1. The molecule has 2 atom stereocenters. The summed E-state index contributed by atoms with van der Waals surface area (Å²) in [5.74, 6) is 9.49. The van der Waals surface area contributed by atoms with Gasteiger partial charge in [0.2, 0.25) is 5.91 Å². The molecular weight excluding hydrogens is 1230 g/mol. The maximum atomic E-state index is 11.7. The van der Waals surface area contributed by atoms with Gasteiger partial charge in [0.25, 0.3) is 11.8 Å². The molecule has 2 spiro atoms. The molecule has 14 rings (SSSR count). The van der Waals surface area contributed by atoms with Gasteiger partial charge < -0.3 is 16.4 Å². The predicted octanol–water partition coefficient (Wildman–Crippen LogP) is 27.5. The van der Waals surface area contributed by atoms with Gasteiger partial charge >= 0.3 is 0 Å². The van der Waals surface area contributed by atoms with Gasteiger partial charge in [-0.05, 0) is 215 Å². The van der Waals surface area contributed by atoms with Crippen LogP contribution in [0.4, 0.5) is 0 Å². The van der Waals surface area contributed by atoms with Crippen LogP contribution in [0.5, 0.6) is 0 Å². The summed E-state index contributed by atoms with van der Waals surface area (Å²) in [5.41, 5.74) is 9.84. The molecule has 9 saturated carbocycles. The van der Waals surface area contributed by atoms with Crippen molar-refractivity contribution in [3.05, 3.63) is 71.3 Å². The summed E-state index contributed by atoms with van der Waals surface area (Å²) in [6.07, 6.45) is 56.2. The number of carbonyl (C=O) groups is 3. The van der Waals surface area contributed by atoms with Crippen molar-refractivity contribution in [3.8, 4) is 0 Å². The SMILES string of the molecule is CC(C)(C)C.CC(C)(C)Cc1ccccc1.CC(C)C.CC1CC1.CC1CC2(CCC2)C1.CC1CC2(CCCCC2)C1.CC1CCC1.CC1CCCC1.CC1CCCCC1.CC1CCCCC1.CCC(N)=O.CCCN1C(=O)c2ccccc2C1=O.C[C@@H]1CCCCNC1.C[C@@H]1CCCNC1. The van der Waals surface area contributed by atoms with E-state index in [2.05, 4.69) is 178 Å². The van der Waals surface area contributed by atoms with Crippen molar-refractivity contribution in [2.45, 2.75) is 396 Å². The van der Waals surface area contributed by atoms with Gasteiger partial charge in [-0.15, -0.1) is 0 Å². The average molecular weight is 1410 g/mol. The van der Waals surface area contributed by atoms with Crippen LogP contribution in [0.3, 0.4) is 0 Å². The van der Waals surface area contributed by atoms with Gasteiger partial charge in [0.1, 0.15) is 0 Å². The zero-order valence-electron chi connectivity index (χ0n) is 71.3. The molecule has 3 amide bonds. The highest BCUT2D eigenvalue weighted by molar-refractivity contribution is 6.21. The molecule has 7 nitrogen and oxygen atoms in total. The smallest absolute Gasteiger partial charge is 0.261 e. The highest BCUT2D eigenvalue weighted by atomic mass is 16.2. The van der Waals surface area contributed by atoms with Crippen molar-refractivity contribution in [2.24, 2.45) is 86.6 Å². The molecule has 12 aliphatic rings. The number of benzene rings is 2. The second-order valence-electron chi connectivity index (χ2n) is 38.4. The quantitative estimate of drug-likeness (QED) is 0.265. The first-order valence-electron chi connectivity index (χ1n) is 43.4. The maximum Gasteiger partial charge on any atom is 0.261 e. The third kappa shape index (κ3) is 52.6. The third-order valence-electron chi connectivity index (χ3n) is 21.7. The fraction of sp³-hybridized carbons (Fsp3) is 0.840. The molecule has 0 radical (unpaired) electrons. The van der Waals surface area contributed by atoms with Gasteiger partial charge in [0.15, 0.2) is 0 Å². The van der Waals surface area contributed by atoms with Gasteiger partial charge in [-0.1, -0.05) is 342 Å². The van der Waals surface area contributed by atoms with Crippen molar-refractivity contribution in [3.63, 3.8) is 0 Å². The van der Waals surface area contributed by atoms with Gasteiger partial charge in [0.05, 0.1) is 11.1 Å². The number of rotatable bonds is 4. The molecule has 9 aliphatic carbocycles. The van der Waals surface area contributed by atoms with Crippen LogP contribution in [0.1, 0.15) is 416 Å². The number of primary amides is 1. The highest BCUT2D eigenvalue weighted by Crippen LogP contribution is 2.58. The minimum Gasteiger partial charge on any atom is -0.370 e. The van der Waals surface area contributed by atoms with E-state index in [1.807, 2.05) is 6.92 Å². The minimum atomic E-state index is -0.245. The number of carbonyl (C=O) groups excluding carboxylic acids is 3. The molecule has 588 valence electrons. The van der Waals surface area contributed by atoms with Crippen LogP contribution in [0, 0.1) is 80.8 Å². The Morgan fingerprint density at radius 1 is 0.436 bits per heavy atom. The summed E-state index contributed by atoms with van der Waals surface area (Å²) in [6, 6.07) is 17.6. The van der Waals surface area contributed by atoms with E-state index in [-0.39, 0.29) is 17.7 Å². The molecule has 0 aromatic heterocycles. The number of piperidine rings is 1. The molecule has 0 unspecified atom stereocenters. The number of imide groups is 1. The van der Waals surface area contributed by atoms with E-state index in [0.29, 0.717) is 34.9 Å². The molecule has 101 heavy (non-hydrogen) atoms. The summed E-state index contributed by atoms with van der Waals surface area (Å²) in [6.45, 7) is 52.2. The van der Waals surface area contributed by atoms with E-state index < -0.39 is 0 Å². The van der Waals surface area contributed by atoms with Crippen LogP contribution >= 0.6 is 0 Å².